The Bertz CT molecular complexity index is 1170. The van der Waals surface area contributed by atoms with Crippen LogP contribution in [0.2, 0.25) is 0 Å². The number of rotatable bonds is 9. The first-order chi connectivity index (χ1) is 16.4. The Morgan fingerprint density at radius 2 is 2.03 bits per heavy atom. The van der Waals surface area contributed by atoms with Crippen LogP contribution in [0.3, 0.4) is 0 Å². The van der Waals surface area contributed by atoms with E-state index < -0.39 is 34.3 Å². The minimum absolute atomic E-state index is 0.0636. The van der Waals surface area contributed by atoms with E-state index in [0.29, 0.717) is 29.0 Å². The normalized spacial score (nSPS) is 16.0. The first-order valence-electron chi connectivity index (χ1n) is 11.4. The standard InChI is InChI=1S/C23H28F2N6O2S/c1-3-11-34(33)30-17-6-5-16(24)19(20(17)25)21(32)15-12-26-22-18(15)23(28-13-27-22)29-14-7-9-31(4-2)10-8-14/h5-6,12-14,30H,3-4,7-11H2,1-2H3,(H2,26,27,28,29). The summed E-state index contributed by atoms with van der Waals surface area (Å²) in [5.74, 6) is -2.18. The van der Waals surface area contributed by atoms with Crippen molar-refractivity contribution < 1.29 is 18.1 Å². The van der Waals surface area contributed by atoms with Gasteiger partial charge in [-0.3, -0.25) is 4.79 Å². The van der Waals surface area contributed by atoms with Crippen LogP contribution >= 0.6 is 0 Å². The predicted molar refractivity (Wildman–Crippen MR) is 129 cm³/mol. The van der Waals surface area contributed by atoms with Crippen LogP contribution in [0.5, 0.6) is 0 Å². The molecule has 0 amide bonds. The molecule has 4 rings (SSSR count). The molecule has 1 aliphatic heterocycles. The van der Waals surface area contributed by atoms with Crippen LogP contribution in [0.25, 0.3) is 11.0 Å². The first kappa shape index (κ1) is 24.4. The fourth-order valence-electron chi connectivity index (χ4n) is 4.17. The third-order valence-corrected chi connectivity index (χ3v) is 7.25. The fraction of sp³-hybridized carbons (Fsp3) is 0.435. The molecule has 34 heavy (non-hydrogen) atoms. The Labute approximate surface area is 199 Å². The summed E-state index contributed by atoms with van der Waals surface area (Å²) in [6, 6.07) is 2.30. The molecule has 1 saturated heterocycles. The van der Waals surface area contributed by atoms with Gasteiger partial charge in [0.05, 0.1) is 27.9 Å². The average molecular weight is 491 g/mol. The molecule has 182 valence electrons. The average Bonchev–Trinajstić information content (AvgIpc) is 3.27. The lowest BCUT2D eigenvalue weighted by molar-refractivity contribution is 0.103. The summed E-state index contributed by atoms with van der Waals surface area (Å²) in [7, 11) is 0. The minimum atomic E-state index is -1.54. The number of benzene rings is 1. The van der Waals surface area contributed by atoms with Crippen LogP contribution in [0.15, 0.2) is 24.7 Å². The van der Waals surface area contributed by atoms with Gasteiger partial charge in [-0.15, -0.1) is 0 Å². The smallest absolute Gasteiger partial charge is 0.201 e. The molecule has 8 nitrogen and oxygen atoms in total. The highest BCUT2D eigenvalue weighted by atomic mass is 32.2. The van der Waals surface area contributed by atoms with Crippen molar-refractivity contribution in [1.82, 2.24) is 19.9 Å². The van der Waals surface area contributed by atoms with Crippen molar-refractivity contribution in [3.05, 3.63) is 47.4 Å². The molecule has 0 saturated carbocycles. The second kappa shape index (κ2) is 10.7. The van der Waals surface area contributed by atoms with Crippen molar-refractivity contribution in [3.63, 3.8) is 0 Å². The van der Waals surface area contributed by atoms with Gasteiger partial charge in [-0.25, -0.2) is 23.5 Å². The fourth-order valence-corrected chi connectivity index (χ4v) is 5.05. The van der Waals surface area contributed by atoms with Crippen molar-refractivity contribution in [2.75, 3.05) is 35.4 Å². The number of nitrogens with one attached hydrogen (secondary N) is 3. The number of halogens is 2. The number of hydrogen-bond donors (Lipinski definition) is 3. The first-order valence-corrected chi connectivity index (χ1v) is 12.7. The number of hydrogen-bond acceptors (Lipinski definition) is 7. The number of fused-ring (bicyclic) bond motifs is 1. The maximum atomic E-state index is 15.2. The molecule has 1 aromatic carbocycles. The molecule has 1 unspecified atom stereocenters. The van der Waals surface area contributed by atoms with Crippen LogP contribution in [0.4, 0.5) is 20.3 Å². The van der Waals surface area contributed by atoms with Gasteiger partial charge in [0.1, 0.15) is 35.0 Å². The Morgan fingerprint density at radius 1 is 1.26 bits per heavy atom. The van der Waals surface area contributed by atoms with Crippen molar-refractivity contribution in [2.24, 2.45) is 0 Å². The lowest BCUT2D eigenvalue weighted by atomic mass is 10.0. The van der Waals surface area contributed by atoms with Crippen LogP contribution in [-0.4, -0.2) is 61.6 Å². The third kappa shape index (κ3) is 5.01. The zero-order chi connectivity index (χ0) is 24.2. The second-order valence-electron chi connectivity index (χ2n) is 8.27. The van der Waals surface area contributed by atoms with E-state index in [1.54, 1.807) is 0 Å². The molecule has 3 heterocycles. The van der Waals surface area contributed by atoms with Gasteiger partial charge in [-0.2, -0.15) is 0 Å². The number of aromatic nitrogens is 3. The summed E-state index contributed by atoms with van der Waals surface area (Å²) in [5.41, 5.74) is -0.446. The lowest BCUT2D eigenvalue weighted by Gasteiger charge is -2.31. The lowest BCUT2D eigenvalue weighted by Crippen LogP contribution is -2.39. The van der Waals surface area contributed by atoms with E-state index in [4.69, 9.17) is 0 Å². The highest BCUT2D eigenvalue weighted by Crippen LogP contribution is 2.30. The second-order valence-corrected chi connectivity index (χ2v) is 9.57. The monoisotopic (exact) mass is 490 g/mol. The molecule has 0 spiro atoms. The topological polar surface area (TPSA) is 109 Å². The number of nitrogens with zero attached hydrogens (tertiary/aromatic N) is 3. The summed E-state index contributed by atoms with van der Waals surface area (Å²) < 4.78 is 44.4. The quantitative estimate of drug-likeness (QED) is 0.309. The van der Waals surface area contributed by atoms with Gasteiger partial charge in [0.25, 0.3) is 0 Å². The number of carbonyl (C=O) groups excluding carboxylic acids is 1. The van der Waals surface area contributed by atoms with E-state index >= 15 is 4.39 Å². The Balaban J connectivity index is 1.66. The van der Waals surface area contributed by atoms with E-state index in [2.05, 4.69) is 36.8 Å². The van der Waals surface area contributed by atoms with Gasteiger partial charge in [-0.05, 0) is 37.9 Å². The summed E-state index contributed by atoms with van der Waals surface area (Å²) in [6.45, 7) is 6.88. The van der Waals surface area contributed by atoms with Gasteiger partial charge >= 0.3 is 0 Å². The Kier molecular flexibility index (Phi) is 7.64. The minimum Gasteiger partial charge on any atom is -0.593 e. The summed E-state index contributed by atoms with van der Waals surface area (Å²) in [6.07, 6.45) is 5.22. The molecule has 0 aliphatic carbocycles. The number of anilines is 2. The zero-order valence-electron chi connectivity index (χ0n) is 19.2. The van der Waals surface area contributed by atoms with E-state index in [-0.39, 0.29) is 17.3 Å². The largest absolute Gasteiger partial charge is 0.593 e. The van der Waals surface area contributed by atoms with Crippen molar-refractivity contribution in [2.45, 2.75) is 39.2 Å². The SMILES string of the molecule is CCC[S+]([O-])Nc1ccc(F)c(C(=O)c2c[nH]c3ncnc(NC4CCN(CC)CC4)c23)c1F. The van der Waals surface area contributed by atoms with E-state index in [1.165, 1.54) is 12.5 Å². The van der Waals surface area contributed by atoms with Crippen LogP contribution in [0.1, 0.15) is 49.0 Å². The van der Waals surface area contributed by atoms with Crippen LogP contribution in [0, 0.1) is 11.6 Å². The number of ketones is 1. The number of aromatic amines is 1. The maximum absolute atomic E-state index is 15.2. The molecule has 3 aromatic rings. The molecule has 11 heteroatoms. The number of carbonyl (C=O) groups is 1. The molecule has 1 atom stereocenters. The van der Waals surface area contributed by atoms with Crippen molar-refractivity contribution in [3.8, 4) is 0 Å². The van der Waals surface area contributed by atoms with Gasteiger partial charge in [0.15, 0.2) is 5.82 Å². The number of likely N-dealkylation sites (tertiary alicyclic amines) is 1. The van der Waals surface area contributed by atoms with Gasteiger partial charge in [-0.1, -0.05) is 13.8 Å². The Morgan fingerprint density at radius 3 is 2.74 bits per heavy atom. The molecule has 3 N–H and O–H groups in total. The highest BCUT2D eigenvalue weighted by Gasteiger charge is 2.28. The molecule has 2 aromatic heterocycles. The highest BCUT2D eigenvalue weighted by molar-refractivity contribution is 7.92. The Hall–Kier alpha value is -2.76. The van der Waals surface area contributed by atoms with Gasteiger partial charge in [0, 0.05) is 25.3 Å². The van der Waals surface area contributed by atoms with Gasteiger partial charge in [0.2, 0.25) is 5.78 Å². The summed E-state index contributed by atoms with van der Waals surface area (Å²) in [5, 5.41) is 3.78. The molecular formula is C23H28F2N6O2S. The predicted octanol–water partition coefficient (Wildman–Crippen LogP) is 3.85. The van der Waals surface area contributed by atoms with Crippen LogP contribution in [-0.2, 0) is 11.4 Å². The van der Waals surface area contributed by atoms with E-state index in [9.17, 15) is 13.7 Å². The molecule has 1 aliphatic rings. The van der Waals surface area contributed by atoms with E-state index in [0.717, 1.165) is 44.6 Å². The molecular weight excluding hydrogens is 462 g/mol. The molecule has 0 radical (unpaired) electrons. The zero-order valence-corrected chi connectivity index (χ0v) is 20.0. The van der Waals surface area contributed by atoms with Crippen molar-refractivity contribution >= 4 is 39.7 Å². The summed E-state index contributed by atoms with van der Waals surface area (Å²) >= 11 is -1.54. The molecule has 1 fully saturated rings. The third-order valence-electron chi connectivity index (χ3n) is 6.02. The van der Waals surface area contributed by atoms with E-state index in [1.807, 2.05) is 6.92 Å². The molecule has 0 bridgehead atoms. The summed E-state index contributed by atoms with van der Waals surface area (Å²) in [4.78, 5) is 27.1. The maximum Gasteiger partial charge on any atom is 0.201 e. The van der Waals surface area contributed by atoms with Gasteiger partial charge < -0.3 is 19.8 Å². The number of piperidine rings is 1. The van der Waals surface area contributed by atoms with Crippen molar-refractivity contribution in [1.29, 1.82) is 0 Å². The van der Waals surface area contributed by atoms with Crippen LogP contribution < -0.4 is 10.0 Å². The number of H-pyrrole nitrogens is 1.